The van der Waals surface area contributed by atoms with Gasteiger partial charge in [0.2, 0.25) is 0 Å². The van der Waals surface area contributed by atoms with Gasteiger partial charge in [0, 0.05) is 52.8 Å². The molecule has 8 heteroatoms. The van der Waals surface area contributed by atoms with E-state index in [0.29, 0.717) is 52.6 Å². The van der Waals surface area contributed by atoms with Crippen LogP contribution in [0.4, 0.5) is 4.39 Å². The summed E-state index contributed by atoms with van der Waals surface area (Å²) in [5.41, 5.74) is 2.31. The number of hydrogen-bond acceptors (Lipinski definition) is 6. The number of pyridine rings is 1. The summed E-state index contributed by atoms with van der Waals surface area (Å²) in [6.07, 6.45) is 3.27. The lowest BCUT2D eigenvalue weighted by Gasteiger charge is -2.15. The van der Waals surface area contributed by atoms with Gasteiger partial charge in [-0.2, -0.15) is 0 Å². The van der Waals surface area contributed by atoms with Gasteiger partial charge < -0.3 is 29.6 Å². The molecular formula is C27H28FN3O4. The Hall–Kier alpha value is -3.36. The molecule has 3 heterocycles. The molecule has 2 aromatic heterocycles. The maximum atomic E-state index is 15.1. The zero-order valence-electron chi connectivity index (χ0n) is 19.7. The molecule has 6 rings (SSSR count). The van der Waals surface area contributed by atoms with E-state index in [4.69, 9.17) is 14.2 Å². The van der Waals surface area contributed by atoms with Gasteiger partial charge >= 0.3 is 0 Å². The third kappa shape index (κ3) is 3.77. The summed E-state index contributed by atoms with van der Waals surface area (Å²) in [6, 6.07) is 10.5. The van der Waals surface area contributed by atoms with Gasteiger partial charge in [0.05, 0.1) is 25.3 Å². The molecule has 4 aromatic rings. The highest BCUT2D eigenvalue weighted by atomic mass is 19.1. The van der Waals surface area contributed by atoms with Crippen LogP contribution in [0.3, 0.4) is 0 Å². The van der Waals surface area contributed by atoms with E-state index < -0.39 is 5.82 Å². The number of H-pyrrole nitrogens is 1. The average molecular weight is 478 g/mol. The number of hydrogen-bond donors (Lipinski definition) is 3. The number of aromatic nitrogens is 2. The minimum atomic E-state index is -0.413. The van der Waals surface area contributed by atoms with E-state index in [1.165, 1.54) is 0 Å². The smallest absolute Gasteiger partial charge is 0.175 e. The van der Waals surface area contributed by atoms with Gasteiger partial charge in [-0.05, 0) is 56.0 Å². The predicted molar refractivity (Wildman–Crippen MR) is 131 cm³/mol. The molecule has 182 valence electrons. The fourth-order valence-corrected chi connectivity index (χ4v) is 5.46. The molecule has 3 atom stereocenters. The van der Waals surface area contributed by atoms with Crippen molar-refractivity contribution < 1.29 is 23.7 Å². The number of methoxy groups -OCH3 is 1. The first-order valence-corrected chi connectivity index (χ1v) is 11.9. The molecule has 0 radical (unpaired) electrons. The lowest BCUT2D eigenvalue weighted by Crippen LogP contribution is -2.21. The third-order valence-electron chi connectivity index (χ3n) is 7.50. The molecule has 2 aliphatic rings. The predicted octanol–water partition coefficient (Wildman–Crippen LogP) is 4.70. The highest BCUT2D eigenvalue weighted by Gasteiger charge is 2.60. The normalized spacial score (nSPS) is 23.3. The van der Waals surface area contributed by atoms with Crippen molar-refractivity contribution in [1.29, 1.82) is 0 Å². The Morgan fingerprint density at radius 1 is 1.11 bits per heavy atom. The molecule has 2 aromatic carbocycles. The molecule has 0 bridgehead atoms. The number of rotatable bonds is 7. The van der Waals surface area contributed by atoms with Gasteiger partial charge in [-0.3, -0.25) is 4.98 Å². The summed E-state index contributed by atoms with van der Waals surface area (Å²) in [5.74, 6) is 1.83. The number of aromatic amines is 1. The topological polar surface area (TPSA) is 88.6 Å². The van der Waals surface area contributed by atoms with Crippen LogP contribution in [0.5, 0.6) is 23.0 Å². The maximum Gasteiger partial charge on any atom is 0.175 e. The molecule has 3 unspecified atom stereocenters. The number of aliphatic hydroxyl groups excluding tert-OH is 1. The van der Waals surface area contributed by atoms with Crippen LogP contribution in [0.2, 0.25) is 0 Å². The second-order valence-electron chi connectivity index (χ2n) is 9.64. The van der Waals surface area contributed by atoms with E-state index in [1.807, 2.05) is 19.1 Å². The molecule has 1 aliphatic heterocycles. The largest absolute Gasteiger partial charge is 0.493 e. The van der Waals surface area contributed by atoms with Gasteiger partial charge in [0.25, 0.3) is 0 Å². The van der Waals surface area contributed by atoms with Crippen molar-refractivity contribution in [3.63, 3.8) is 0 Å². The number of nitrogens with one attached hydrogen (secondary N) is 2. The fraction of sp³-hybridized carbons (Fsp3) is 0.370. The molecule has 1 saturated heterocycles. The van der Waals surface area contributed by atoms with Crippen LogP contribution >= 0.6 is 0 Å². The Balaban J connectivity index is 1.23. The number of aryl methyl sites for hydroxylation is 1. The van der Waals surface area contributed by atoms with Gasteiger partial charge in [0.1, 0.15) is 5.75 Å². The van der Waals surface area contributed by atoms with Gasteiger partial charge in [-0.15, -0.1) is 0 Å². The minimum Gasteiger partial charge on any atom is -0.493 e. The number of aliphatic hydroxyl groups is 1. The number of halogens is 1. The van der Waals surface area contributed by atoms with E-state index in [9.17, 15) is 5.11 Å². The zero-order valence-corrected chi connectivity index (χ0v) is 19.7. The molecule has 1 aliphatic carbocycles. The molecule has 2 fully saturated rings. The molecule has 0 amide bonds. The SMILES string of the molecule is COc1cc2c(Oc3ccc4[nH]c(C)cc4c3F)ccnc2cc1OCCC1CC12CNCC2O. The van der Waals surface area contributed by atoms with E-state index >= 15 is 4.39 Å². The lowest BCUT2D eigenvalue weighted by atomic mass is 9.99. The quantitative estimate of drug-likeness (QED) is 0.358. The number of β-amino-alcohol motifs (C(OH)–C–C–N with tert-alkyl or cyclic N) is 1. The second-order valence-corrected chi connectivity index (χ2v) is 9.64. The summed E-state index contributed by atoms with van der Waals surface area (Å²) in [5, 5.41) is 14.7. The fourth-order valence-electron chi connectivity index (χ4n) is 5.46. The van der Waals surface area contributed by atoms with E-state index in [-0.39, 0.29) is 17.3 Å². The molecule has 1 saturated carbocycles. The van der Waals surface area contributed by atoms with Crippen LogP contribution in [0, 0.1) is 24.1 Å². The summed E-state index contributed by atoms with van der Waals surface area (Å²) < 4.78 is 32.8. The Labute approximate surface area is 202 Å². The second kappa shape index (κ2) is 8.39. The average Bonchev–Trinajstić information content (AvgIpc) is 3.21. The Morgan fingerprint density at radius 3 is 2.80 bits per heavy atom. The van der Waals surface area contributed by atoms with Crippen molar-refractivity contribution >= 4 is 21.8 Å². The van der Waals surface area contributed by atoms with Crippen LogP contribution in [0.25, 0.3) is 21.8 Å². The Morgan fingerprint density at radius 2 is 2.00 bits per heavy atom. The van der Waals surface area contributed by atoms with Crippen molar-refractivity contribution in [3.05, 3.63) is 54.1 Å². The van der Waals surface area contributed by atoms with E-state index in [2.05, 4.69) is 15.3 Å². The van der Waals surface area contributed by atoms with Gasteiger partial charge in [-0.1, -0.05) is 0 Å². The first-order chi connectivity index (χ1) is 17.0. The summed E-state index contributed by atoms with van der Waals surface area (Å²) >= 11 is 0. The standard InChI is InChI=1S/C27H28FN3O4/c1-15-9-18-19(31-15)3-4-22(26(18)28)35-21-5-7-30-20-11-24(23(33-2)10-17(20)21)34-8-6-16-12-27(16)14-29-13-25(27)32/h3-5,7,9-11,16,25,29,31-32H,6,8,12-14H2,1-2H3. The van der Waals surface area contributed by atoms with Gasteiger partial charge in [0.15, 0.2) is 23.1 Å². The number of ether oxygens (including phenoxy) is 3. The van der Waals surface area contributed by atoms with Crippen molar-refractivity contribution in [1.82, 2.24) is 15.3 Å². The summed E-state index contributed by atoms with van der Waals surface area (Å²) in [6.45, 7) is 3.97. The van der Waals surface area contributed by atoms with E-state index in [1.54, 1.807) is 37.6 Å². The maximum absolute atomic E-state index is 15.1. The lowest BCUT2D eigenvalue weighted by molar-refractivity contribution is 0.122. The molecule has 7 nitrogen and oxygen atoms in total. The first kappa shape index (κ1) is 22.1. The highest BCUT2D eigenvalue weighted by Crippen LogP contribution is 2.58. The van der Waals surface area contributed by atoms with Crippen LogP contribution < -0.4 is 19.5 Å². The monoisotopic (exact) mass is 477 g/mol. The number of fused-ring (bicyclic) bond motifs is 2. The van der Waals surface area contributed by atoms with Crippen LogP contribution in [0.1, 0.15) is 18.5 Å². The van der Waals surface area contributed by atoms with Crippen molar-refractivity contribution in [3.8, 4) is 23.0 Å². The van der Waals surface area contributed by atoms with Crippen molar-refractivity contribution in [2.45, 2.75) is 25.9 Å². The van der Waals surface area contributed by atoms with Crippen LogP contribution in [0.15, 0.2) is 42.6 Å². The van der Waals surface area contributed by atoms with Crippen molar-refractivity contribution in [2.24, 2.45) is 11.3 Å². The van der Waals surface area contributed by atoms with Crippen LogP contribution in [-0.2, 0) is 0 Å². The number of benzene rings is 2. The third-order valence-corrected chi connectivity index (χ3v) is 7.50. The Kier molecular flexibility index (Phi) is 5.30. The van der Waals surface area contributed by atoms with Crippen molar-refractivity contribution in [2.75, 3.05) is 26.8 Å². The molecule has 35 heavy (non-hydrogen) atoms. The van der Waals surface area contributed by atoms with Crippen LogP contribution in [-0.4, -0.2) is 48.0 Å². The minimum absolute atomic E-state index is 0.0298. The summed E-state index contributed by atoms with van der Waals surface area (Å²) in [7, 11) is 1.59. The first-order valence-electron chi connectivity index (χ1n) is 11.9. The summed E-state index contributed by atoms with van der Waals surface area (Å²) in [4.78, 5) is 7.60. The number of nitrogens with zero attached hydrogens (tertiary/aromatic N) is 1. The molecular weight excluding hydrogens is 449 g/mol. The molecule has 1 spiro atoms. The van der Waals surface area contributed by atoms with Gasteiger partial charge in [-0.25, -0.2) is 4.39 Å². The highest BCUT2D eigenvalue weighted by molar-refractivity contribution is 5.89. The van der Waals surface area contributed by atoms with E-state index in [0.717, 1.165) is 30.6 Å². The Bertz CT molecular complexity index is 1420. The molecule has 3 N–H and O–H groups in total. The zero-order chi connectivity index (χ0) is 24.2.